The third-order valence-corrected chi connectivity index (χ3v) is 7.18. The standard InChI is InChI=1S/C34H43N5O3/c1-3-5-6-7-9-12-34(42-33(40)4-2)41-32-23-19-30(20-24-32)38-36-28-15-13-27(14-16-28)35-37-29-17-21-31(22-18-29)39-25-10-8-11-26-39/h13-24,34H,3-12,25-26H2,1-2H3. The molecule has 4 rings (SSSR count). The zero-order valence-corrected chi connectivity index (χ0v) is 25.0. The van der Waals surface area contributed by atoms with Gasteiger partial charge in [-0.05, 0) is 98.5 Å². The molecule has 1 aliphatic rings. The number of carbonyl (C=O) groups excluding carboxylic acids is 1. The maximum absolute atomic E-state index is 11.9. The van der Waals surface area contributed by atoms with E-state index in [2.05, 4.69) is 44.4 Å². The summed E-state index contributed by atoms with van der Waals surface area (Å²) in [5.74, 6) is 0.376. The Hall–Kier alpha value is -4.07. The number of unbranched alkanes of at least 4 members (excludes halogenated alkanes) is 4. The number of carbonyl (C=O) groups is 1. The lowest BCUT2D eigenvalue weighted by Gasteiger charge is -2.28. The van der Waals surface area contributed by atoms with Crippen LogP contribution in [0.25, 0.3) is 0 Å². The van der Waals surface area contributed by atoms with Crippen LogP contribution in [0.1, 0.15) is 78.1 Å². The van der Waals surface area contributed by atoms with Crippen LogP contribution < -0.4 is 9.64 Å². The Morgan fingerprint density at radius 2 is 1.19 bits per heavy atom. The van der Waals surface area contributed by atoms with Crippen LogP contribution in [0.4, 0.5) is 28.4 Å². The summed E-state index contributed by atoms with van der Waals surface area (Å²) in [4.78, 5) is 14.3. The Labute approximate surface area is 249 Å². The van der Waals surface area contributed by atoms with E-state index in [4.69, 9.17) is 9.47 Å². The highest BCUT2D eigenvalue weighted by molar-refractivity contribution is 5.69. The first kappa shape index (κ1) is 30.9. The van der Waals surface area contributed by atoms with Gasteiger partial charge in [-0.25, -0.2) is 0 Å². The molecule has 3 aromatic carbocycles. The van der Waals surface area contributed by atoms with E-state index in [1.807, 2.05) is 60.7 Å². The number of anilines is 1. The number of esters is 1. The van der Waals surface area contributed by atoms with Gasteiger partial charge in [-0.2, -0.15) is 20.5 Å². The average Bonchev–Trinajstić information content (AvgIpc) is 3.04. The molecule has 1 aliphatic heterocycles. The van der Waals surface area contributed by atoms with Gasteiger partial charge in [0.25, 0.3) is 0 Å². The fourth-order valence-electron chi connectivity index (χ4n) is 4.73. The van der Waals surface area contributed by atoms with Gasteiger partial charge in [-0.15, -0.1) is 0 Å². The van der Waals surface area contributed by atoms with E-state index in [-0.39, 0.29) is 5.97 Å². The molecule has 0 saturated carbocycles. The third kappa shape index (κ3) is 10.4. The average molecular weight is 570 g/mol. The van der Waals surface area contributed by atoms with E-state index in [1.165, 1.54) is 44.2 Å². The van der Waals surface area contributed by atoms with Crippen molar-refractivity contribution in [3.05, 3.63) is 72.8 Å². The predicted molar refractivity (Wildman–Crippen MR) is 168 cm³/mol. The fraction of sp³-hybridized carbons (Fsp3) is 0.441. The van der Waals surface area contributed by atoms with Gasteiger partial charge in [0.2, 0.25) is 6.29 Å². The van der Waals surface area contributed by atoms with Crippen molar-refractivity contribution in [3.63, 3.8) is 0 Å². The van der Waals surface area contributed by atoms with Crippen molar-refractivity contribution in [2.75, 3.05) is 18.0 Å². The highest BCUT2D eigenvalue weighted by Gasteiger charge is 2.15. The molecule has 0 N–H and O–H groups in total. The largest absolute Gasteiger partial charge is 0.455 e. The van der Waals surface area contributed by atoms with E-state index in [9.17, 15) is 4.79 Å². The van der Waals surface area contributed by atoms with Crippen molar-refractivity contribution in [1.29, 1.82) is 0 Å². The van der Waals surface area contributed by atoms with Crippen molar-refractivity contribution in [3.8, 4) is 5.75 Å². The van der Waals surface area contributed by atoms with Crippen molar-refractivity contribution in [1.82, 2.24) is 0 Å². The number of piperidine rings is 1. The van der Waals surface area contributed by atoms with Gasteiger partial charge in [0.05, 0.1) is 22.7 Å². The number of hydrogen-bond donors (Lipinski definition) is 0. The molecule has 1 fully saturated rings. The lowest BCUT2D eigenvalue weighted by molar-refractivity contribution is -0.164. The molecule has 3 aromatic rings. The first-order valence-electron chi connectivity index (χ1n) is 15.4. The number of rotatable bonds is 15. The number of azo groups is 2. The lowest BCUT2D eigenvalue weighted by Crippen LogP contribution is -2.29. The smallest absolute Gasteiger partial charge is 0.308 e. The molecule has 8 nitrogen and oxygen atoms in total. The van der Waals surface area contributed by atoms with Gasteiger partial charge in [-0.1, -0.05) is 39.5 Å². The zero-order valence-electron chi connectivity index (χ0n) is 25.0. The van der Waals surface area contributed by atoms with Crippen LogP contribution in [-0.4, -0.2) is 25.3 Å². The molecular weight excluding hydrogens is 526 g/mol. The first-order chi connectivity index (χ1) is 20.6. The molecule has 0 aromatic heterocycles. The third-order valence-electron chi connectivity index (χ3n) is 7.18. The normalized spacial score (nSPS) is 14.4. The van der Waals surface area contributed by atoms with Crippen molar-refractivity contribution in [2.24, 2.45) is 20.5 Å². The highest BCUT2D eigenvalue weighted by Crippen LogP contribution is 2.27. The van der Waals surface area contributed by atoms with Gasteiger partial charge in [0.1, 0.15) is 5.75 Å². The lowest BCUT2D eigenvalue weighted by atomic mass is 10.1. The molecule has 1 saturated heterocycles. The molecule has 1 unspecified atom stereocenters. The minimum Gasteiger partial charge on any atom is -0.455 e. The van der Waals surface area contributed by atoms with Gasteiger partial charge < -0.3 is 14.4 Å². The molecule has 0 bridgehead atoms. The van der Waals surface area contributed by atoms with Crippen LogP contribution in [0.2, 0.25) is 0 Å². The van der Waals surface area contributed by atoms with Gasteiger partial charge >= 0.3 is 5.97 Å². The molecule has 222 valence electrons. The van der Waals surface area contributed by atoms with Gasteiger partial charge in [0, 0.05) is 31.6 Å². The highest BCUT2D eigenvalue weighted by atomic mass is 16.7. The van der Waals surface area contributed by atoms with E-state index >= 15 is 0 Å². The molecule has 0 aliphatic carbocycles. The van der Waals surface area contributed by atoms with Crippen molar-refractivity contribution >= 4 is 34.4 Å². The fourth-order valence-corrected chi connectivity index (χ4v) is 4.73. The summed E-state index contributed by atoms with van der Waals surface area (Å²) >= 11 is 0. The summed E-state index contributed by atoms with van der Waals surface area (Å²) in [5, 5.41) is 17.4. The SMILES string of the molecule is CCCCCCCC(OC(=O)CC)Oc1ccc(N=Nc2ccc(N=Nc3ccc(N4CCCCC4)cc3)cc2)cc1. The summed E-state index contributed by atoms with van der Waals surface area (Å²) in [7, 11) is 0. The van der Waals surface area contributed by atoms with E-state index in [0.717, 1.165) is 43.0 Å². The number of nitrogens with zero attached hydrogens (tertiary/aromatic N) is 5. The summed E-state index contributed by atoms with van der Waals surface area (Å²) < 4.78 is 11.5. The quantitative estimate of drug-likeness (QED) is 0.0788. The van der Waals surface area contributed by atoms with Crippen LogP contribution in [0.5, 0.6) is 5.75 Å². The summed E-state index contributed by atoms with van der Waals surface area (Å²) in [6.45, 7) is 6.23. The Balaban J connectivity index is 1.27. The molecule has 1 atom stereocenters. The van der Waals surface area contributed by atoms with E-state index < -0.39 is 6.29 Å². The second kappa shape index (κ2) is 17.0. The zero-order chi connectivity index (χ0) is 29.4. The first-order valence-corrected chi connectivity index (χ1v) is 15.4. The van der Waals surface area contributed by atoms with Gasteiger partial charge in [0.15, 0.2) is 0 Å². The van der Waals surface area contributed by atoms with Crippen molar-refractivity contribution < 1.29 is 14.3 Å². The maximum Gasteiger partial charge on any atom is 0.308 e. The molecule has 0 amide bonds. The summed E-state index contributed by atoms with van der Waals surface area (Å²) in [5.41, 5.74) is 4.24. The van der Waals surface area contributed by atoms with Crippen LogP contribution in [0.3, 0.4) is 0 Å². The van der Waals surface area contributed by atoms with E-state index in [1.54, 1.807) is 6.92 Å². The molecular formula is C34H43N5O3. The van der Waals surface area contributed by atoms with Crippen LogP contribution in [0.15, 0.2) is 93.3 Å². The van der Waals surface area contributed by atoms with Gasteiger partial charge in [-0.3, -0.25) is 4.79 Å². The predicted octanol–water partition coefficient (Wildman–Crippen LogP) is 10.5. The molecule has 8 heteroatoms. The maximum atomic E-state index is 11.9. The van der Waals surface area contributed by atoms with E-state index in [0.29, 0.717) is 24.3 Å². The second-order valence-electron chi connectivity index (χ2n) is 10.6. The van der Waals surface area contributed by atoms with Crippen LogP contribution in [-0.2, 0) is 9.53 Å². The number of ether oxygens (including phenoxy) is 2. The monoisotopic (exact) mass is 569 g/mol. The number of hydrogen-bond acceptors (Lipinski definition) is 8. The minimum absolute atomic E-state index is 0.256. The molecule has 0 radical (unpaired) electrons. The topological polar surface area (TPSA) is 88.2 Å². The summed E-state index contributed by atoms with van der Waals surface area (Å²) in [6.07, 6.45) is 9.93. The Kier molecular flexibility index (Phi) is 12.5. The van der Waals surface area contributed by atoms with Crippen LogP contribution in [0, 0.1) is 0 Å². The van der Waals surface area contributed by atoms with Crippen LogP contribution >= 0.6 is 0 Å². The Bertz CT molecular complexity index is 1270. The molecule has 1 heterocycles. The second-order valence-corrected chi connectivity index (χ2v) is 10.6. The Morgan fingerprint density at radius 1 is 0.690 bits per heavy atom. The molecule has 42 heavy (non-hydrogen) atoms. The van der Waals surface area contributed by atoms with Crippen molar-refractivity contribution in [2.45, 2.75) is 84.3 Å². The molecule has 0 spiro atoms. The summed E-state index contributed by atoms with van der Waals surface area (Å²) in [6, 6.07) is 23.0. The minimum atomic E-state index is -0.582. The number of benzene rings is 3. The Morgan fingerprint density at radius 3 is 1.71 bits per heavy atom.